The Bertz CT molecular complexity index is 346. The molecule has 94 valence electrons. The van der Waals surface area contributed by atoms with Crippen LogP contribution in [-0.2, 0) is 6.54 Å². The van der Waals surface area contributed by atoms with Crippen molar-refractivity contribution in [3.8, 4) is 5.75 Å². The number of phenols is 1. The molecule has 1 heterocycles. The van der Waals surface area contributed by atoms with Crippen molar-refractivity contribution >= 4 is 0 Å². The lowest BCUT2D eigenvalue weighted by Gasteiger charge is -2.37. The van der Waals surface area contributed by atoms with Crippen LogP contribution in [-0.4, -0.2) is 22.6 Å². The number of rotatable bonds is 3. The van der Waals surface area contributed by atoms with Gasteiger partial charge >= 0.3 is 0 Å². The van der Waals surface area contributed by atoms with Crippen molar-refractivity contribution in [3.05, 3.63) is 29.8 Å². The molecule has 0 aliphatic carbocycles. The van der Waals surface area contributed by atoms with E-state index in [-0.39, 0.29) is 0 Å². The Balaban J connectivity index is 1.98. The first kappa shape index (κ1) is 12.4. The largest absolute Gasteiger partial charge is 0.508 e. The molecule has 1 aliphatic rings. The van der Waals surface area contributed by atoms with Gasteiger partial charge in [-0.15, -0.1) is 0 Å². The number of hydrogen-bond acceptors (Lipinski definition) is 2. The minimum Gasteiger partial charge on any atom is -0.508 e. The summed E-state index contributed by atoms with van der Waals surface area (Å²) in [5.41, 5.74) is 1.30. The minimum atomic E-state index is 0.354. The average molecular weight is 233 g/mol. The predicted octanol–water partition coefficient (Wildman–Crippen LogP) is 3.40. The van der Waals surface area contributed by atoms with E-state index in [9.17, 15) is 5.11 Å². The SMILES string of the molecule is CCC1CCC(C)N(Cc2ccc(O)cc2)C1. The maximum absolute atomic E-state index is 9.28. The van der Waals surface area contributed by atoms with Crippen molar-refractivity contribution in [3.63, 3.8) is 0 Å². The molecule has 0 saturated carbocycles. The maximum atomic E-state index is 9.28. The zero-order valence-corrected chi connectivity index (χ0v) is 10.9. The molecular formula is C15H23NO. The van der Waals surface area contributed by atoms with Crippen LogP contribution in [0.1, 0.15) is 38.7 Å². The average Bonchev–Trinajstić information content (AvgIpc) is 2.35. The first-order valence-corrected chi connectivity index (χ1v) is 6.71. The Hall–Kier alpha value is -1.02. The molecule has 0 radical (unpaired) electrons. The summed E-state index contributed by atoms with van der Waals surface area (Å²) in [6, 6.07) is 8.30. The standard InChI is InChI=1S/C15H23NO/c1-3-13-5-4-12(2)16(10-13)11-14-6-8-15(17)9-7-14/h6-9,12-13,17H,3-5,10-11H2,1-2H3. The van der Waals surface area contributed by atoms with Gasteiger partial charge in [0, 0.05) is 19.1 Å². The van der Waals surface area contributed by atoms with Crippen molar-refractivity contribution in [2.45, 2.75) is 45.7 Å². The highest BCUT2D eigenvalue weighted by molar-refractivity contribution is 5.25. The van der Waals surface area contributed by atoms with Gasteiger partial charge in [-0.1, -0.05) is 25.5 Å². The Morgan fingerprint density at radius 2 is 1.94 bits per heavy atom. The summed E-state index contributed by atoms with van der Waals surface area (Å²) in [6.45, 7) is 6.85. The first-order valence-electron chi connectivity index (χ1n) is 6.71. The summed E-state index contributed by atoms with van der Waals surface area (Å²) in [6.07, 6.45) is 3.99. The van der Waals surface area contributed by atoms with Crippen molar-refractivity contribution in [2.75, 3.05) is 6.54 Å². The van der Waals surface area contributed by atoms with E-state index in [1.807, 2.05) is 12.1 Å². The summed E-state index contributed by atoms with van der Waals surface area (Å²) in [4.78, 5) is 2.57. The van der Waals surface area contributed by atoms with Crippen LogP contribution in [0.25, 0.3) is 0 Å². The smallest absolute Gasteiger partial charge is 0.115 e. The molecule has 2 heteroatoms. The Morgan fingerprint density at radius 1 is 1.24 bits per heavy atom. The summed E-state index contributed by atoms with van der Waals surface area (Å²) < 4.78 is 0. The van der Waals surface area contributed by atoms with Gasteiger partial charge in [0.05, 0.1) is 0 Å². The highest BCUT2D eigenvalue weighted by atomic mass is 16.3. The zero-order valence-electron chi connectivity index (χ0n) is 10.9. The number of hydrogen-bond donors (Lipinski definition) is 1. The van der Waals surface area contributed by atoms with Gasteiger partial charge in [-0.25, -0.2) is 0 Å². The molecule has 2 atom stereocenters. The van der Waals surface area contributed by atoms with E-state index in [0.29, 0.717) is 11.8 Å². The molecule has 1 aromatic rings. The van der Waals surface area contributed by atoms with Gasteiger partial charge in [0.1, 0.15) is 5.75 Å². The monoisotopic (exact) mass is 233 g/mol. The predicted molar refractivity (Wildman–Crippen MR) is 71.0 cm³/mol. The Labute approximate surface area is 104 Å². The fourth-order valence-corrected chi connectivity index (χ4v) is 2.65. The van der Waals surface area contributed by atoms with Gasteiger partial charge < -0.3 is 5.11 Å². The highest BCUT2D eigenvalue weighted by Gasteiger charge is 2.24. The number of benzene rings is 1. The van der Waals surface area contributed by atoms with Crippen molar-refractivity contribution in [1.82, 2.24) is 4.90 Å². The van der Waals surface area contributed by atoms with E-state index in [1.54, 1.807) is 12.1 Å². The van der Waals surface area contributed by atoms with E-state index >= 15 is 0 Å². The lowest BCUT2D eigenvalue weighted by molar-refractivity contribution is 0.108. The van der Waals surface area contributed by atoms with E-state index in [2.05, 4.69) is 18.7 Å². The van der Waals surface area contributed by atoms with Crippen LogP contribution in [0, 0.1) is 5.92 Å². The van der Waals surface area contributed by atoms with Crippen LogP contribution in [0.5, 0.6) is 5.75 Å². The van der Waals surface area contributed by atoms with Gasteiger partial charge in [-0.3, -0.25) is 4.90 Å². The molecule has 0 bridgehead atoms. The summed E-state index contributed by atoms with van der Waals surface area (Å²) in [5, 5.41) is 9.28. The number of aromatic hydroxyl groups is 1. The second-order valence-corrected chi connectivity index (χ2v) is 5.30. The molecule has 1 aliphatic heterocycles. The van der Waals surface area contributed by atoms with Crippen LogP contribution < -0.4 is 0 Å². The second kappa shape index (κ2) is 5.54. The van der Waals surface area contributed by atoms with Gasteiger partial charge in [-0.2, -0.15) is 0 Å². The minimum absolute atomic E-state index is 0.354. The number of likely N-dealkylation sites (tertiary alicyclic amines) is 1. The second-order valence-electron chi connectivity index (χ2n) is 5.30. The highest BCUT2D eigenvalue weighted by Crippen LogP contribution is 2.25. The van der Waals surface area contributed by atoms with Gasteiger partial charge in [0.25, 0.3) is 0 Å². The molecule has 1 N–H and O–H groups in total. The molecule has 2 rings (SSSR count). The van der Waals surface area contributed by atoms with E-state index < -0.39 is 0 Å². The third kappa shape index (κ3) is 3.22. The molecule has 2 unspecified atom stereocenters. The van der Waals surface area contributed by atoms with Crippen LogP contribution in [0.3, 0.4) is 0 Å². The fraction of sp³-hybridized carbons (Fsp3) is 0.600. The van der Waals surface area contributed by atoms with Gasteiger partial charge in [0.15, 0.2) is 0 Å². The molecule has 17 heavy (non-hydrogen) atoms. The normalized spacial score (nSPS) is 26.0. The summed E-state index contributed by atoms with van der Waals surface area (Å²) in [5.74, 6) is 1.22. The van der Waals surface area contributed by atoms with Gasteiger partial charge in [0.2, 0.25) is 0 Å². The molecular weight excluding hydrogens is 210 g/mol. The molecule has 0 aromatic heterocycles. The third-order valence-electron chi connectivity index (χ3n) is 4.01. The van der Waals surface area contributed by atoms with Crippen molar-refractivity contribution in [2.24, 2.45) is 5.92 Å². The van der Waals surface area contributed by atoms with Crippen molar-refractivity contribution < 1.29 is 5.11 Å². The van der Waals surface area contributed by atoms with Crippen molar-refractivity contribution in [1.29, 1.82) is 0 Å². The molecule has 1 fully saturated rings. The number of nitrogens with zero attached hydrogens (tertiary/aromatic N) is 1. The third-order valence-corrected chi connectivity index (χ3v) is 4.01. The van der Waals surface area contributed by atoms with E-state index in [4.69, 9.17) is 0 Å². The quantitative estimate of drug-likeness (QED) is 0.865. The summed E-state index contributed by atoms with van der Waals surface area (Å²) in [7, 11) is 0. The van der Waals surface area contributed by atoms with Gasteiger partial charge in [-0.05, 0) is 43.4 Å². The van der Waals surface area contributed by atoms with E-state index in [0.717, 1.165) is 12.5 Å². The fourth-order valence-electron chi connectivity index (χ4n) is 2.65. The van der Waals surface area contributed by atoms with Crippen LogP contribution in [0.4, 0.5) is 0 Å². The molecule has 0 amide bonds. The lowest BCUT2D eigenvalue weighted by Crippen LogP contribution is -2.40. The molecule has 1 aromatic carbocycles. The molecule has 1 saturated heterocycles. The topological polar surface area (TPSA) is 23.5 Å². The Kier molecular flexibility index (Phi) is 4.06. The van der Waals surface area contributed by atoms with E-state index in [1.165, 1.54) is 31.4 Å². The van der Waals surface area contributed by atoms with Crippen LogP contribution in [0.2, 0.25) is 0 Å². The molecule has 0 spiro atoms. The van der Waals surface area contributed by atoms with Crippen LogP contribution >= 0.6 is 0 Å². The first-order chi connectivity index (χ1) is 8.19. The number of piperidine rings is 1. The summed E-state index contributed by atoms with van der Waals surface area (Å²) >= 11 is 0. The lowest BCUT2D eigenvalue weighted by atomic mass is 9.91. The molecule has 2 nitrogen and oxygen atoms in total. The Morgan fingerprint density at radius 3 is 2.59 bits per heavy atom. The zero-order chi connectivity index (χ0) is 12.3. The number of phenolic OH excluding ortho intramolecular Hbond substituents is 1. The van der Waals surface area contributed by atoms with Crippen LogP contribution in [0.15, 0.2) is 24.3 Å². The maximum Gasteiger partial charge on any atom is 0.115 e.